The third-order valence-corrected chi connectivity index (χ3v) is 5.08. The van der Waals surface area contributed by atoms with Crippen molar-refractivity contribution in [2.45, 2.75) is 33.7 Å². The molecule has 1 aliphatic heterocycles. The van der Waals surface area contributed by atoms with E-state index >= 15 is 0 Å². The van der Waals surface area contributed by atoms with Gasteiger partial charge in [0.1, 0.15) is 11.0 Å². The second-order valence-electron chi connectivity index (χ2n) is 4.75. The third kappa shape index (κ3) is 4.29. The fraction of sp³-hybridized carbons (Fsp3) is 0.312. The van der Waals surface area contributed by atoms with Gasteiger partial charge in [0.2, 0.25) is 0 Å². The van der Waals surface area contributed by atoms with Crippen LogP contribution in [0, 0.1) is 6.92 Å². The number of fused-ring (bicyclic) bond motifs is 2. The molecule has 0 spiro atoms. The highest BCUT2D eigenvalue weighted by molar-refractivity contribution is 9.10. The quantitative estimate of drug-likeness (QED) is 0.601. The number of aryl methyl sites for hydroxylation is 1. The van der Waals surface area contributed by atoms with Crippen LogP contribution >= 0.6 is 39.8 Å². The van der Waals surface area contributed by atoms with Crippen molar-refractivity contribution in [1.29, 1.82) is 0 Å². The van der Waals surface area contributed by atoms with Crippen molar-refractivity contribution >= 4 is 56.5 Å². The van der Waals surface area contributed by atoms with E-state index in [2.05, 4.69) is 46.8 Å². The summed E-state index contributed by atoms with van der Waals surface area (Å²) in [5.74, 6) is 0. The maximum absolute atomic E-state index is 4.20. The number of hydrogen-bond acceptors (Lipinski definition) is 6. The average Bonchev–Trinajstić information content (AvgIpc) is 3.24. The summed E-state index contributed by atoms with van der Waals surface area (Å²) in [6.07, 6.45) is 6.20. The number of halogens is 1. The van der Waals surface area contributed by atoms with E-state index in [9.17, 15) is 0 Å². The molecule has 4 nitrogen and oxygen atoms in total. The van der Waals surface area contributed by atoms with Gasteiger partial charge < -0.3 is 0 Å². The van der Waals surface area contributed by atoms with Crippen molar-refractivity contribution in [2.75, 3.05) is 0 Å². The first-order valence-electron chi connectivity index (χ1n) is 7.38. The van der Waals surface area contributed by atoms with Crippen LogP contribution in [0.15, 0.2) is 44.8 Å². The van der Waals surface area contributed by atoms with E-state index in [1.165, 1.54) is 35.0 Å². The van der Waals surface area contributed by atoms with E-state index in [0.29, 0.717) is 6.04 Å². The van der Waals surface area contributed by atoms with Crippen molar-refractivity contribution in [3.05, 3.63) is 46.0 Å². The molecule has 0 amide bonds. The Bertz CT molecular complexity index is 729. The van der Waals surface area contributed by atoms with Gasteiger partial charge in [-0.2, -0.15) is 8.75 Å². The third-order valence-electron chi connectivity index (χ3n) is 3.27. The minimum absolute atomic E-state index is 0.370. The van der Waals surface area contributed by atoms with E-state index in [0.717, 1.165) is 21.2 Å². The molecule has 7 heteroatoms. The lowest BCUT2D eigenvalue weighted by molar-refractivity contribution is 0.937. The minimum atomic E-state index is 0.370. The number of nitrogens with zero attached hydrogens (tertiary/aromatic N) is 3. The fourth-order valence-electron chi connectivity index (χ4n) is 2.05. The van der Waals surface area contributed by atoms with Gasteiger partial charge in [0.15, 0.2) is 0 Å². The standard InChI is InChI=1S/C7H5BrN2S.C7H8N2S.C2H6/c1-4-2-3-5(8)7-6(4)9-11-10-7;1-5-3-2-4-6-7(5)9-10-8-6;1-2/h2-3H,1H3;2-4,7,9H,1H3;1-2H3. The molecule has 1 aliphatic carbocycles. The highest BCUT2D eigenvalue weighted by Crippen LogP contribution is 2.24. The molecule has 0 radical (unpaired) electrons. The molecular formula is C16H19BrN4S2. The van der Waals surface area contributed by atoms with Crippen LogP contribution in [0.4, 0.5) is 0 Å². The molecule has 1 aromatic heterocycles. The lowest BCUT2D eigenvalue weighted by Crippen LogP contribution is -2.28. The van der Waals surface area contributed by atoms with Gasteiger partial charge in [0.05, 0.1) is 35.6 Å². The number of allylic oxidation sites excluding steroid dienone is 2. The topological polar surface area (TPSA) is 50.2 Å². The molecule has 23 heavy (non-hydrogen) atoms. The smallest absolute Gasteiger partial charge is 0.119 e. The van der Waals surface area contributed by atoms with Gasteiger partial charge in [-0.15, -0.1) is 0 Å². The summed E-state index contributed by atoms with van der Waals surface area (Å²) in [6, 6.07) is 4.40. The second-order valence-corrected chi connectivity index (χ2v) is 6.74. The molecule has 122 valence electrons. The Hall–Kier alpha value is -1.02. The molecule has 0 saturated heterocycles. The van der Waals surface area contributed by atoms with Gasteiger partial charge >= 0.3 is 0 Å². The SMILES string of the molecule is CC.CC1=CC=CC2=NSNC12.Cc1ccc(Br)c2nsnc12. The van der Waals surface area contributed by atoms with E-state index in [1.807, 2.05) is 45.1 Å². The highest BCUT2D eigenvalue weighted by Gasteiger charge is 2.22. The molecule has 2 aliphatic rings. The van der Waals surface area contributed by atoms with Gasteiger partial charge in [0.25, 0.3) is 0 Å². The molecule has 1 aromatic carbocycles. The summed E-state index contributed by atoms with van der Waals surface area (Å²) in [4.78, 5) is 0. The molecule has 1 N–H and O–H groups in total. The van der Waals surface area contributed by atoms with Crippen molar-refractivity contribution < 1.29 is 0 Å². The van der Waals surface area contributed by atoms with Crippen molar-refractivity contribution in [3.8, 4) is 0 Å². The van der Waals surface area contributed by atoms with Crippen LogP contribution in [-0.2, 0) is 0 Å². The molecule has 2 heterocycles. The molecule has 4 rings (SSSR count). The van der Waals surface area contributed by atoms with Gasteiger partial charge in [-0.3, -0.25) is 0 Å². The molecular weight excluding hydrogens is 392 g/mol. The minimum Gasteiger partial charge on any atom is -0.231 e. The molecule has 1 atom stereocenters. The number of nitrogens with one attached hydrogen (secondary N) is 1. The Morgan fingerprint density at radius 1 is 1.13 bits per heavy atom. The lowest BCUT2D eigenvalue weighted by atomic mass is 10.00. The Balaban J connectivity index is 0.000000152. The number of benzene rings is 1. The van der Waals surface area contributed by atoms with Crippen LogP contribution in [0.25, 0.3) is 11.0 Å². The van der Waals surface area contributed by atoms with Gasteiger partial charge in [-0.1, -0.05) is 32.1 Å². The summed E-state index contributed by atoms with van der Waals surface area (Å²) >= 11 is 6.09. The summed E-state index contributed by atoms with van der Waals surface area (Å²) in [5.41, 5.74) is 5.63. The van der Waals surface area contributed by atoms with Crippen molar-refractivity contribution in [1.82, 2.24) is 13.5 Å². The van der Waals surface area contributed by atoms with Gasteiger partial charge in [0, 0.05) is 4.47 Å². The van der Waals surface area contributed by atoms with E-state index in [1.54, 1.807) is 0 Å². The van der Waals surface area contributed by atoms with E-state index in [4.69, 9.17) is 0 Å². The summed E-state index contributed by atoms with van der Waals surface area (Å²) < 4.78 is 16.8. The highest BCUT2D eigenvalue weighted by atomic mass is 79.9. The first kappa shape index (κ1) is 18.3. The molecule has 0 fully saturated rings. The summed E-state index contributed by atoms with van der Waals surface area (Å²) in [6.45, 7) is 8.15. The van der Waals surface area contributed by atoms with Gasteiger partial charge in [-0.25, -0.2) is 9.12 Å². The fourth-order valence-corrected chi connectivity index (χ4v) is 3.93. The molecule has 1 unspecified atom stereocenters. The monoisotopic (exact) mass is 410 g/mol. The van der Waals surface area contributed by atoms with Crippen LogP contribution in [0.2, 0.25) is 0 Å². The zero-order chi connectivity index (χ0) is 16.8. The van der Waals surface area contributed by atoms with Crippen LogP contribution in [0.3, 0.4) is 0 Å². The second kappa shape index (κ2) is 8.73. The Morgan fingerprint density at radius 2 is 1.87 bits per heavy atom. The maximum atomic E-state index is 4.20. The summed E-state index contributed by atoms with van der Waals surface area (Å²) in [5, 5.41) is 0. The van der Waals surface area contributed by atoms with Crippen LogP contribution in [0.5, 0.6) is 0 Å². The Morgan fingerprint density at radius 3 is 2.57 bits per heavy atom. The predicted molar refractivity (Wildman–Crippen MR) is 106 cm³/mol. The first-order valence-corrected chi connectivity index (χ1v) is 9.68. The van der Waals surface area contributed by atoms with Crippen LogP contribution in [0.1, 0.15) is 26.3 Å². The van der Waals surface area contributed by atoms with Crippen molar-refractivity contribution in [2.24, 2.45) is 4.40 Å². The van der Waals surface area contributed by atoms with E-state index < -0.39 is 0 Å². The van der Waals surface area contributed by atoms with Crippen molar-refractivity contribution in [3.63, 3.8) is 0 Å². The van der Waals surface area contributed by atoms with Crippen LogP contribution in [-0.4, -0.2) is 20.5 Å². The molecule has 0 saturated carbocycles. The maximum Gasteiger partial charge on any atom is 0.119 e. The molecule has 0 bridgehead atoms. The zero-order valence-electron chi connectivity index (χ0n) is 13.5. The first-order chi connectivity index (χ1) is 11.2. The molecule has 2 aromatic rings. The van der Waals surface area contributed by atoms with E-state index in [-0.39, 0.29) is 0 Å². The largest absolute Gasteiger partial charge is 0.231 e. The Labute approximate surface area is 153 Å². The number of hydrogen-bond donors (Lipinski definition) is 1. The lowest BCUT2D eigenvalue weighted by Gasteiger charge is -2.12. The summed E-state index contributed by atoms with van der Waals surface area (Å²) in [7, 11) is 0. The number of rotatable bonds is 0. The zero-order valence-corrected chi connectivity index (χ0v) is 16.7. The van der Waals surface area contributed by atoms with Gasteiger partial charge in [-0.05, 0) is 53.1 Å². The Kier molecular flexibility index (Phi) is 6.95. The predicted octanol–water partition coefficient (Wildman–Crippen LogP) is 5.27. The average molecular weight is 411 g/mol. The van der Waals surface area contributed by atoms with Crippen LogP contribution < -0.4 is 4.72 Å². The number of aromatic nitrogens is 2. The normalized spacial score (nSPS) is 18.2.